The molecule has 0 radical (unpaired) electrons. The highest BCUT2D eigenvalue weighted by atomic mass is 32.1. The normalized spacial score (nSPS) is 12.6. The molecule has 0 aliphatic heterocycles. The molecular formula is C58H44N2O6S2. The van der Waals surface area contributed by atoms with Crippen molar-refractivity contribution in [1.82, 2.24) is 4.98 Å². The molecule has 1 heterocycles. The van der Waals surface area contributed by atoms with Crippen LogP contribution in [-0.4, -0.2) is 48.4 Å². The van der Waals surface area contributed by atoms with Gasteiger partial charge < -0.3 is 18.9 Å². The molecular weight excluding hydrogens is 885 g/mol. The Hall–Kier alpha value is -7.79. The number of thiol groups is 1. The molecule has 0 atom stereocenters. The molecule has 10 rings (SSSR count). The number of fused-ring (bicyclic) bond motifs is 6. The molecule has 8 aromatic carbocycles. The van der Waals surface area contributed by atoms with Gasteiger partial charge in [-0.25, -0.2) is 19.6 Å². The van der Waals surface area contributed by atoms with Crippen LogP contribution in [0.2, 0.25) is 0 Å². The van der Waals surface area contributed by atoms with E-state index in [1.807, 2.05) is 48.5 Å². The first-order valence-electron chi connectivity index (χ1n) is 22.1. The maximum absolute atomic E-state index is 11.4. The van der Waals surface area contributed by atoms with Gasteiger partial charge in [0.05, 0.1) is 21.3 Å². The first-order valence-corrected chi connectivity index (χ1v) is 23.4. The highest BCUT2D eigenvalue weighted by Crippen LogP contribution is 2.57. The van der Waals surface area contributed by atoms with Crippen LogP contribution in [0.1, 0.15) is 33.4 Å². The monoisotopic (exact) mass is 928 g/mol. The molecule has 0 spiro atoms. The minimum Gasteiger partial charge on any atom is -0.490 e. The third kappa shape index (κ3) is 8.44. The Balaban J connectivity index is 0.963. The van der Waals surface area contributed by atoms with Gasteiger partial charge in [0.2, 0.25) is 0 Å². The van der Waals surface area contributed by atoms with E-state index in [9.17, 15) is 9.59 Å². The number of esters is 2. The fourth-order valence-electron chi connectivity index (χ4n) is 9.12. The number of ether oxygens (including phenoxy) is 4. The van der Waals surface area contributed by atoms with Gasteiger partial charge in [-0.2, -0.15) is 0 Å². The molecule has 334 valence electrons. The van der Waals surface area contributed by atoms with Crippen LogP contribution in [0, 0.1) is 6.92 Å². The quantitative estimate of drug-likeness (QED) is 0.0273. The third-order valence-electron chi connectivity index (χ3n) is 12.3. The minimum absolute atomic E-state index is 0.142. The summed E-state index contributed by atoms with van der Waals surface area (Å²) in [4.78, 5) is 32.9. The molecule has 0 fully saturated rings. The summed E-state index contributed by atoms with van der Waals surface area (Å²) < 4.78 is 22.8. The van der Waals surface area contributed by atoms with Gasteiger partial charge in [0.25, 0.3) is 0 Å². The van der Waals surface area contributed by atoms with Crippen molar-refractivity contribution in [1.29, 1.82) is 0 Å². The summed E-state index contributed by atoms with van der Waals surface area (Å²) in [5.41, 5.74) is 11.3. The zero-order valence-corrected chi connectivity index (χ0v) is 38.8. The lowest BCUT2D eigenvalue weighted by atomic mass is 9.67. The van der Waals surface area contributed by atoms with Crippen molar-refractivity contribution in [3.8, 4) is 33.2 Å². The van der Waals surface area contributed by atoms with Crippen molar-refractivity contribution >= 4 is 78.4 Å². The zero-order chi connectivity index (χ0) is 46.8. The Kier molecular flexibility index (Phi) is 12.2. The van der Waals surface area contributed by atoms with E-state index in [4.69, 9.17) is 41.6 Å². The number of hydrogen-bond donors (Lipinski definition) is 1. The van der Waals surface area contributed by atoms with Gasteiger partial charge >= 0.3 is 11.9 Å². The van der Waals surface area contributed by atoms with E-state index in [1.54, 1.807) is 11.3 Å². The smallest absolute Gasteiger partial charge is 0.330 e. The van der Waals surface area contributed by atoms with Gasteiger partial charge in [-0.1, -0.05) is 116 Å². The van der Waals surface area contributed by atoms with E-state index in [0.29, 0.717) is 16.5 Å². The number of aliphatic imine (C=N–C) groups is 1. The minimum atomic E-state index is -0.616. The van der Waals surface area contributed by atoms with Crippen LogP contribution in [0.4, 0.5) is 5.69 Å². The standard InChI is InChI=1S/C58H44N2O6S2/c1-4-54(61)65-28-26-63-45-22-18-37-31-41(16-14-39(37)33-45)56(67)59-51-24-20-43(30-36(51)3)58(49-12-8-6-10-47(49)48-11-7-9-13-50(48)58)44-21-25-52-53(35-44)68-57(60-52)42-17-15-40-34-46(23-19-38(40)32-42)64-27-29-66-55(62)5-2/h4-25,30-35H,1-2,26-29H2,3H3,(H,59,67). The maximum Gasteiger partial charge on any atom is 0.330 e. The molecule has 9 aromatic rings. The summed E-state index contributed by atoms with van der Waals surface area (Å²) in [7, 11) is 0. The second-order valence-electron chi connectivity index (χ2n) is 16.4. The molecule has 10 heteroatoms. The fraction of sp³-hybridized carbons (Fsp3) is 0.103. The lowest BCUT2D eigenvalue weighted by molar-refractivity contribution is -0.139. The van der Waals surface area contributed by atoms with Crippen LogP contribution in [-0.2, 0) is 24.5 Å². The molecule has 68 heavy (non-hydrogen) atoms. The summed E-state index contributed by atoms with van der Waals surface area (Å²) in [5, 5.41) is 5.68. The summed E-state index contributed by atoms with van der Waals surface area (Å²) in [6.45, 7) is 9.73. The van der Waals surface area contributed by atoms with Crippen molar-refractivity contribution in [3.63, 3.8) is 0 Å². The van der Waals surface area contributed by atoms with E-state index < -0.39 is 17.4 Å². The topological polar surface area (TPSA) is 96.3 Å². The van der Waals surface area contributed by atoms with Gasteiger partial charge in [0.1, 0.15) is 48.0 Å². The number of aromatic nitrogens is 1. The Labute approximate surface area is 403 Å². The molecule has 1 aliphatic carbocycles. The number of carbonyl (C=O) groups excluding carboxylic acids is 2. The molecule has 1 aliphatic rings. The van der Waals surface area contributed by atoms with Crippen LogP contribution in [0.5, 0.6) is 11.5 Å². The SMILES string of the molecule is C=CC(=O)OCCOc1ccc2cc(/C(S)=N/c3ccc(C4(c5ccc6nc(-c7ccc8cc(OCCOC(=O)C=C)ccc8c7)sc6c5)c5ccccc5-c5ccccc54)cc3C)ccc2c1. The number of nitrogens with zero attached hydrogens (tertiary/aromatic N) is 2. The van der Waals surface area contributed by atoms with Gasteiger partial charge in [0, 0.05) is 23.3 Å². The van der Waals surface area contributed by atoms with E-state index in [0.717, 1.165) is 82.4 Å². The van der Waals surface area contributed by atoms with Crippen molar-refractivity contribution in [2.75, 3.05) is 26.4 Å². The average Bonchev–Trinajstić information content (AvgIpc) is 3.94. The van der Waals surface area contributed by atoms with E-state index in [2.05, 4.69) is 129 Å². The average molecular weight is 929 g/mol. The second-order valence-corrected chi connectivity index (χ2v) is 17.8. The van der Waals surface area contributed by atoms with Crippen molar-refractivity contribution in [2.24, 2.45) is 4.99 Å². The Morgan fingerprint density at radius 3 is 1.82 bits per heavy atom. The van der Waals surface area contributed by atoms with Crippen LogP contribution >= 0.6 is 24.0 Å². The zero-order valence-electron chi connectivity index (χ0n) is 37.1. The second kappa shape index (κ2) is 18.8. The van der Waals surface area contributed by atoms with Crippen LogP contribution in [0.25, 0.3) is 53.5 Å². The molecule has 0 bridgehead atoms. The lowest BCUT2D eigenvalue weighted by Gasteiger charge is -2.34. The summed E-state index contributed by atoms with van der Waals surface area (Å²) in [5.74, 6) is 0.443. The predicted molar refractivity (Wildman–Crippen MR) is 277 cm³/mol. The number of thiazole rings is 1. The van der Waals surface area contributed by atoms with E-state index in [-0.39, 0.29) is 26.4 Å². The Bertz CT molecular complexity index is 3460. The molecule has 1 aromatic heterocycles. The van der Waals surface area contributed by atoms with Crippen LogP contribution < -0.4 is 9.47 Å². The number of rotatable bonds is 15. The van der Waals surface area contributed by atoms with Crippen LogP contribution in [0.3, 0.4) is 0 Å². The van der Waals surface area contributed by atoms with Crippen molar-refractivity contribution in [3.05, 3.63) is 216 Å². The van der Waals surface area contributed by atoms with E-state index >= 15 is 0 Å². The molecule has 0 amide bonds. The molecule has 0 saturated carbocycles. The van der Waals surface area contributed by atoms with Crippen molar-refractivity contribution < 1.29 is 28.5 Å². The first-order chi connectivity index (χ1) is 33.2. The first kappa shape index (κ1) is 44.1. The van der Waals surface area contributed by atoms with Gasteiger partial charge in [-0.3, -0.25) is 0 Å². The van der Waals surface area contributed by atoms with Gasteiger partial charge in [-0.15, -0.1) is 24.0 Å². The Morgan fingerprint density at radius 1 is 0.632 bits per heavy atom. The summed E-state index contributed by atoms with van der Waals surface area (Å²) in [6, 6.07) is 55.2. The number of hydrogen-bond acceptors (Lipinski definition) is 9. The highest BCUT2D eigenvalue weighted by molar-refractivity contribution is 7.97. The third-order valence-corrected chi connectivity index (χ3v) is 13.7. The highest BCUT2D eigenvalue weighted by Gasteiger charge is 2.46. The Morgan fingerprint density at radius 2 is 1.19 bits per heavy atom. The molecule has 0 unspecified atom stereocenters. The summed E-state index contributed by atoms with van der Waals surface area (Å²) in [6.07, 6.45) is 2.27. The largest absolute Gasteiger partial charge is 0.490 e. The number of carbonyl (C=O) groups is 2. The van der Waals surface area contributed by atoms with Gasteiger partial charge in [-0.05, 0) is 122 Å². The van der Waals surface area contributed by atoms with E-state index in [1.165, 1.54) is 22.3 Å². The van der Waals surface area contributed by atoms with Crippen LogP contribution in [0.15, 0.2) is 188 Å². The number of aryl methyl sites for hydroxylation is 1. The number of benzene rings is 8. The molecule has 0 saturated heterocycles. The fourth-order valence-corrected chi connectivity index (χ4v) is 10.4. The lowest BCUT2D eigenvalue weighted by Crippen LogP contribution is -2.28. The molecule has 0 N–H and O–H groups in total. The predicted octanol–water partition coefficient (Wildman–Crippen LogP) is 13.2. The summed E-state index contributed by atoms with van der Waals surface area (Å²) >= 11 is 6.62. The van der Waals surface area contributed by atoms with Crippen molar-refractivity contribution in [2.45, 2.75) is 12.3 Å². The van der Waals surface area contributed by atoms with Gasteiger partial charge in [0.15, 0.2) is 0 Å². The molecule has 8 nitrogen and oxygen atoms in total. The maximum atomic E-state index is 11.4.